The fraction of sp³-hybridized carbons (Fsp3) is 0.500. The Bertz CT molecular complexity index is 529. The number of phenols is 1. The minimum Gasteiger partial charge on any atom is -0.507 e. The molecule has 122 valence electrons. The van der Waals surface area contributed by atoms with Gasteiger partial charge in [-0.05, 0) is 43.9 Å². The average Bonchev–Trinajstić information content (AvgIpc) is 2.43. The van der Waals surface area contributed by atoms with E-state index in [-0.39, 0.29) is 11.3 Å². The summed E-state index contributed by atoms with van der Waals surface area (Å²) in [6, 6.07) is 4.68. The van der Waals surface area contributed by atoms with Crippen LogP contribution >= 0.6 is 0 Å². The topological polar surface area (TPSA) is 87.7 Å². The maximum Gasteiger partial charge on any atom is 0.273 e. The molecule has 1 aromatic carbocycles. The first-order valence-electron chi connectivity index (χ1n) is 7.32. The third-order valence-corrected chi connectivity index (χ3v) is 3.13. The summed E-state index contributed by atoms with van der Waals surface area (Å²) in [5, 5.41) is 9.71. The number of ether oxygens (including phenoxy) is 1. The van der Waals surface area contributed by atoms with E-state index in [0.717, 1.165) is 12.0 Å². The molecule has 0 aliphatic rings. The van der Waals surface area contributed by atoms with Gasteiger partial charge in [-0.1, -0.05) is 19.9 Å². The Hall–Kier alpha value is -2.08. The molecule has 1 unspecified atom stereocenters. The van der Waals surface area contributed by atoms with Gasteiger partial charge in [-0.3, -0.25) is 20.4 Å². The summed E-state index contributed by atoms with van der Waals surface area (Å²) in [5.41, 5.74) is 5.48. The van der Waals surface area contributed by atoms with Gasteiger partial charge in [0.25, 0.3) is 11.8 Å². The largest absolute Gasteiger partial charge is 0.507 e. The first-order chi connectivity index (χ1) is 10.3. The van der Waals surface area contributed by atoms with Crippen molar-refractivity contribution < 1.29 is 19.4 Å². The fourth-order valence-corrected chi connectivity index (χ4v) is 1.68. The predicted octanol–water partition coefficient (Wildman–Crippen LogP) is 1.91. The monoisotopic (exact) mass is 308 g/mol. The smallest absolute Gasteiger partial charge is 0.273 e. The molecule has 6 heteroatoms. The number of carbonyl (C=O) groups excluding carboxylic acids is 2. The SMILES string of the molecule is Cc1ccc(C(=O)NNC(=O)C(C)OCCC(C)C)c(O)c1. The number of hydrogen-bond donors (Lipinski definition) is 3. The minimum absolute atomic E-state index is 0.0966. The Morgan fingerprint density at radius 2 is 1.91 bits per heavy atom. The van der Waals surface area contributed by atoms with Crippen LogP contribution in [0.3, 0.4) is 0 Å². The molecule has 0 radical (unpaired) electrons. The minimum atomic E-state index is -0.661. The summed E-state index contributed by atoms with van der Waals surface area (Å²) in [5.74, 6) is -0.656. The number of phenolic OH excluding ortho intramolecular Hbond substituents is 1. The molecule has 1 rings (SSSR count). The lowest BCUT2D eigenvalue weighted by Crippen LogP contribution is -2.46. The highest BCUT2D eigenvalue weighted by Crippen LogP contribution is 2.17. The van der Waals surface area contributed by atoms with E-state index in [1.54, 1.807) is 19.9 Å². The van der Waals surface area contributed by atoms with Crippen molar-refractivity contribution in [3.05, 3.63) is 29.3 Å². The molecule has 0 aliphatic heterocycles. The number of carbonyl (C=O) groups is 2. The quantitative estimate of drug-likeness (QED) is 0.701. The van der Waals surface area contributed by atoms with Crippen LogP contribution in [0.4, 0.5) is 0 Å². The summed E-state index contributed by atoms with van der Waals surface area (Å²) in [6.45, 7) is 8.05. The molecule has 1 atom stereocenters. The van der Waals surface area contributed by atoms with E-state index < -0.39 is 17.9 Å². The molecule has 0 heterocycles. The molecule has 0 saturated carbocycles. The molecular formula is C16H24N2O4. The first kappa shape index (κ1) is 18.0. The van der Waals surface area contributed by atoms with Crippen LogP contribution in [0.25, 0.3) is 0 Å². The number of amides is 2. The molecule has 3 N–H and O–H groups in total. The zero-order valence-electron chi connectivity index (χ0n) is 13.5. The van der Waals surface area contributed by atoms with Crippen LogP contribution in [0.15, 0.2) is 18.2 Å². The lowest BCUT2D eigenvalue weighted by Gasteiger charge is -2.15. The van der Waals surface area contributed by atoms with Crippen LogP contribution in [0, 0.1) is 12.8 Å². The van der Waals surface area contributed by atoms with Gasteiger partial charge in [-0.25, -0.2) is 0 Å². The highest BCUT2D eigenvalue weighted by Gasteiger charge is 2.16. The normalized spacial score (nSPS) is 12.0. The van der Waals surface area contributed by atoms with Gasteiger partial charge in [0.2, 0.25) is 0 Å². The van der Waals surface area contributed by atoms with Crippen molar-refractivity contribution in [2.24, 2.45) is 5.92 Å². The molecule has 0 fully saturated rings. The van der Waals surface area contributed by atoms with Crippen LogP contribution in [0.1, 0.15) is 43.1 Å². The lowest BCUT2D eigenvalue weighted by atomic mass is 10.1. The summed E-state index contributed by atoms with van der Waals surface area (Å²) in [4.78, 5) is 23.7. The summed E-state index contributed by atoms with van der Waals surface area (Å²) >= 11 is 0. The number of hydrogen-bond acceptors (Lipinski definition) is 4. The summed E-state index contributed by atoms with van der Waals surface area (Å²) in [6.07, 6.45) is 0.201. The van der Waals surface area contributed by atoms with Crippen molar-refractivity contribution in [1.82, 2.24) is 10.9 Å². The third kappa shape index (κ3) is 5.73. The van der Waals surface area contributed by atoms with E-state index in [9.17, 15) is 14.7 Å². The molecule has 1 aromatic rings. The zero-order valence-corrected chi connectivity index (χ0v) is 13.5. The van der Waals surface area contributed by atoms with E-state index >= 15 is 0 Å². The second-order valence-corrected chi connectivity index (χ2v) is 5.66. The van der Waals surface area contributed by atoms with Crippen molar-refractivity contribution in [2.75, 3.05) is 6.61 Å². The van der Waals surface area contributed by atoms with Crippen LogP contribution in [-0.4, -0.2) is 29.6 Å². The summed E-state index contributed by atoms with van der Waals surface area (Å²) in [7, 11) is 0. The van der Waals surface area contributed by atoms with Gasteiger partial charge in [0, 0.05) is 6.61 Å². The maximum atomic E-state index is 11.9. The van der Waals surface area contributed by atoms with Crippen molar-refractivity contribution in [2.45, 2.75) is 40.2 Å². The van der Waals surface area contributed by atoms with E-state index in [0.29, 0.717) is 12.5 Å². The Labute approximate surface area is 130 Å². The van der Waals surface area contributed by atoms with Gasteiger partial charge in [0.1, 0.15) is 11.9 Å². The number of benzene rings is 1. The average molecular weight is 308 g/mol. The molecule has 22 heavy (non-hydrogen) atoms. The lowest BCUT2D eigenvalue weighted by molar-refractivity contribution is -0.132. The third-order valence-electron chi connectivity index (χ3n) is 3.13. The van der Waals surface area contributed by atoms with E-state index in [4.69, 9.17) is 4.74 Å². The molecule has 0 aliphatic carbocycles. The molecule has 0 saturated heterocycles. The van der Waals surface area contributed by atoms with E-state index in [1.165, 1.54) is 12.1 Å². The van der Waals surface area contributed by atoms with Crippen molar-refractivity contribution in [3.8, 4) is 5.75 Å². The van der Waals surface area contributed by atoms with Crippen molar-refractivity contribution in [3.63, 3.8) is 0 Å². The van der Waals surface area contributed by atoms with Gasteiger partial charge >= 0.3 is 0 Å². The Balaban J connectivity index is 2.44. The molecule has 0 aromatic heterocycles. The molecule has 6 nitrogen and oxygen atoms in total. The molecule has 2 amide bonds. The first-order valence-corrected chi connectivity index (χ1v) is 7.32. The zero-order chi connectivity index (χ0) is 16.7. The van der Waals surface area contributed by atoms with E-state index in [2.05, 4.69) is 24.7 Å². The standard InChI is InChI=1S/C16H24N2O4/c1-10(2)7-8-22-12(4)15(20)17-18-16(21)13-6-5-11(3)9-14(13)19/h5-6,9-10,12,19H,7-8H2,1-4H3,(H,17,20)(H,18,21). The van der Waals surface area contributed by atoms with Crippen molar-refractivity contribution >= 4 is 11.8 Å². The van der Waals surface area contributed by atoms with E-state index in [1.807, 2.05) is 0 Å². The van der Waals surface area contributed by atoms with Crippen LogP contribution in [0.2, 0.25) is 0 Å². The number of aryl methyl sites for hydroxylation is 1. The van der Waals surface area contributed by atoms with Gasteiger partial charge < -0.3 is 9.84 Å². The van der Waals surface area contributed by atoms with Crippen molar-refractivity contribution in [1.29, 1.82) is 0 Å². The highest BCUT2D eigenvalue weighted by atomic mass is 16.5. The second kappa shape index (κ2) is 8.38. The number of hydrazine groups is 1. The second-order valence-electron chi connectivity index (χ2n) is 5.66. The van der Waals surface area contributed by atoms with Gasteiger partial charge in [-0.2, -0.15) is 0 Å². The Morgan fingerprint density at radius 1 is 1.23 bits per heavy atom. The van der Waals surface area contributed by atoms with Gasteiger partial charge in [0.15, 0.2) is 0 Å². The van der Waals surface area contributed by atoms with Crippen LogP contribution in [-0.2, 0) is 9.53 Å². The Morgan fingerprint density at radius 3 is 2.50 bits per heavy atom. The fourth-order valence-electron chi connectivity index (χ4n) is 1.68. The maximum absolute atomic E-state index is 11.9. The molecule has 0 spiro atoms. The Kier molecular flexibility index (Phi) is 6.85. The molecular weight excluding hydrogens is 284 g/mol. The number of nitrogens with one attached hydrogen (secondary N) is 2. The highest BCUT2D eigenvalue weighted by molar-refractivity contribution is 5.98. The van der Waals surface area contributed by atoms with Gasteiger partial charge in [0.05, 0.1) is 5.56 Å². The van der Waals surface area contributed by atoms with Crippen LogP contribution < -0.4 is 10.9 Å². The molecule has 0 bridgehead atoms. The summed E-state index contributed by atoms with van der Waals surface area (Å²) < 4.78 is 5.38. The predicted molar refractivity (Wildman–Crippen MR) is 83.3 cm³/mol. The van der Waals surface area contributed by atoms with Gasteiger partial charge in [-0.15, -0.1) is 0 Å². The van der Waals surface area contributed by atoms with Crippen LogP contribution in [0.5, 0.6) is 5.75 Å². The number of aromatic hydroxyl groups is 1. The number of rotatable bonds is 6.